The van der Waals surface area contributed by atoms with E-state index in [1.54, 1.807) is 54.6 Å². The third kappa shape index (κ3) is 7.31. The predicted molar refractivity (Wildman–Crippen MR) is 142 cm³/mol. The summed E-state index contributed by atoms with van der Waals surface area (Å²) in [5, 5.41) is 5.85. The van der Waals surface area contributed by atoms with E-state index in [4.69, 9.17) is 11.6 Å². The molecule has 2 amide bonds. The molecule has 0 unspecified atom stereocenters. The number of nitrogens with one attached hydrogen (secondary N) is 2. The second kappa shape index (κ2) is 10.5. The van der Waals surface area contributed by atoms with Gasteiger partial charge in [-0.3, -0.25) is 13.9 Å². The minimum atomic E-state index is -3.73. The highest BCUT2D eigenvalue weighted by molar-refractivity contribution is 7.92. The highest BCUT2D eigenvalue weighted by Gasteiger charge is 2.21. The second-order valence-electron chi connectivity index (χ2n) is 9.16. The second-order valence-corrected chi connectivity index (χ2v) is 11.5. The number of sulfonamides is 1. The van der Waals surface area contributed by atoms with Crippen molar-refractivity contribution in [2.24, 2.45) is 0 Å². The van der Waals surface area contributed by atoms with Crippen LogP contribution in [0.15, 0.2) is 72.8 Å². The summed E-state index contributed by atoms with van der Waals surface area (Å²) in [4.78, 5) is 25.3. The number of nitrogens with zero attached hydrogens (tertiary/aromatic N) is 1. The van der Waals surface area contributed by atoms with Crippen LogP contribution in [0.2, 0.25) is 5.02 Å². The molecule has 3 aromatic rings. The summed E-state index contributed by atoms with van der Waals surface area (Å²) < 4.78 is 25.5. The number of carbonyl (C=O) groups excluding carboxylic acids is 2. The van der Waals surface area contributed by atoms with E-state index < -0.39 is 22.5 Å². The molecule has 0 bridgehead atoms. The van der Waals surface area contributed by atoms with Gasteiger partial charge < -0.3 is 10.6 Å². The van der Waals surface area contributed by atoms with Crippen LogP contribution in [0.3, 0.4) is 0 Å². The lowest BCUT2D eigenvalue weighted by Crippen LogP contribution is -2.37. The van der Waals surface area contributed by atoms with Gasteiger partial charge in [0.2, 0.25) is 15.9 Å². The zero-order valence-corrected chi connectivity index (χ0v) is 21.6. The SMILES string of the molecule is CC(C)(C)c1ccc(C(=O)Nc2cccc(NC(=O)CN(c3cccc(Cl)c3)S(C)(=O)=O)c2)cc1. The predicted octanol–water partition coefficient (Wildman–Crippen LogP) is 5.29. The smallest absolute Gasteiger partial charge is 0.255 e. The molecule has 0 spiro atoms. The first-order valence-corrected chi connectivity index (χ1v) is 13.1. The van der Waals surface area contributed by atoms with Crippen molar-refractivity contribution < 1.29 is 18.0 Å². The van der Waals surface area contributed by atoms with Gasteiger partial charge in [-0.25, -0.2) is 8.42 Å². The van der Waals surface area contributed by atoms with Crippen LogP contribution in [0.4, 0.5) is 17.1 Å². The van der Waals surface area contributed by atoms with Gasteiger partial charge in [0.15, 0.2) is 0 Å². The van der Waals surface area contributed by atoms with Gasteiger partial charge in [0, 0.05) is 22.0 Å². The Balaban J connectivity index is 1.69. The standard InChI is InChI=1S/C26H28ClN3O4S/c1-26(2,3)19-13-11-18(12-14-19)25(32)29-22-9-6-8-21(16-22)28-24(31)17-30(35(4,33)34)23-10-5-7-20(27)15-23/h5-16H,17H2,1-4H3,(H,28,31)(H,29,32). The number of carbonyl (C=O) groups is 2. The van der Waals surface area contributed by atoms with Gasteiger partial charge in [0.05, 0.1) is 11.9 Å². The molecule has 0 aromatic heterocycles. The quantitative estimate of drug-likeness (QED) is 0.448. The summed E-state index contributed by atoms with van der Waals surface area (Å²) in [5.74, 6) is -0.824. The molecular weight excluding hydrogens is 486 g/mol. The number of anilines is 3. The van der Waals surface area contributed by atoms with Gasteiger partial charge in [-0.2, -0.15) is 0 Å². The zero-order valence-electron chi connectivity index (χ0n) is 20.0. The molecule has 2 N–H and O–H groups in total. The molecule has 0 atom stereocenters. The van der Waals surface area contributed by atoms with Crippen molar-refractivity contribution in [3.05, 3.63) is 88.9 Å². The van der Waals surface area contributed by atoms with Crippen LogP contribution < -0.4 is 14.9 Å². The van der Waals surface area contributed by atoms with Gasteiger partial charge in [-0.05, 0) is 59.5 Å². The summed E-state index contributed by atoms with van der Waals surface area (Å²) in [5.41, 5.74) is 2.81. The molecule has 0 aliphatic rings. The lowest BCUT2D eigenvalue weighted by molar-refractivity contribution is -0.114. The van der Waals surface area contributed by atoms with Crippen LogP contribution >= 0.6 is 11.6 Å². The van der Waals surface area contributed by atoms with Crippen molar-refractivity contribution in [3.63, 3.8) is 0 Å². The van der Waals surface area contributed by atoms with E-state index in [1.807, 2.05) is 12.1 Å². The van der Waals surface area contributed by atoms with E-state index in [1.165, 1.54) is 6.07 Å². The molecule has 0 heterocycles. The Morgan fingerprint density at radius 1 is 0.886 bits per heavy atom. The number of hydrogen-bond donors (Lipinski definition) is 2. The maximum atomic E-state index is 12.7. The molecule has 3 rings (SSSR count). The molecule has 184 valence electrons. The van der Waals surface area contributed by atoms with Gasteiger partial charge >= 0.3 is 0 Å². The third-order valence-corrected chi connectivity index (χ3v) is 6.58. The maximum absolute atomic E-state index is 12.7. The van der Waals surface area contributed by atoms with Crippen molar-refractivity contribution in [1.82, 2.24) is 0 Å². The van der Waals surface area contributed by atoms with E-state index in [-0.39, 0.29) is 17.0 Å². The number of hydrogen-bond acceptors (Lipinski definition) is 4. The van der Waals surface area contributed by atoms with Crippen LogP contribution in [-0.2, 0) is 20.2 Å². The lowest BCUT2D eigenvalue weighted by Gasteiger charge is -2.22. The van der Waals surface area contributed by atoms with Crippen LogP contribution in [0.5, 0.6) is 0 Å². The minimum absolute atomic E-state index is 0.0129. The van der Waals surface area contributed by atoms with E-state index in [9.17, 15) is 18.0 Å². The fraction of sp³-hybridized carbons (Fsp3) is 0.231. The lowest BCUT2D eigenvalue weighted by atomic mass is 9.87. The minimum Gasteiger partial charge on any atom is -0.324 e. The highest BCUT2D eigenvalue weighted by Crippen LogP contribution is 2.24. The number of benzene rings is 3. The molecule has 0 fully saturated rings. The normalized spacial score (nSPS) is 11.6. The number of amides is 2. The molecule has 7 nitrogen and oxygen atoms in total. The van der Waals surface area contributed by atoms with Crippen molar-refractivity contribution in [3.8, 4) is 0 Å². The average Bonchev–Trinajstić information content (AvgIpc) is 2.76. The largest absolute Gasteiger partial charge is 0.324 e. The molecule has 9 heteroatoms. The summed E-state index contributed by atoms with van der Waals surface area (Å²) in [7, 11) is -3.73. The van der Waals surface area contributed by atoms with Crippen molar-refractivity contribution in [2.45, 2.75) is 26.2 Å². The maximum Gasteiger partial charge on any atom is 0.255 e. The Labute approximate surface area is 211 Å². The van der Waals surface area contributed by atoms with Gasteiger partial charge in [-0.1, -0.05) is 56.6 Å². The van der Waals surface area contributed by atoms with E-state index in [0.717, 1.165) is 16.1 Å². The fourth-order valence-corrected chi connectivity index (χ4v) is 4.39. The van der Waals surface area contributed by atoms with Gasteiger partial charge in [0.1, 0.15) is 6.54 Å². The van der Waals surface area contributed by atoms with Crippen LogP contribution in [0.1, 0.15) is 36.7 Å². The summed E-state index contributed by atoms with van der Waals surface area (Å²) >= 11 is 5.98. The summed E-state index contributed by atoms with van der Waals surface area (Å²) in [6.45, 7) is 5.87. The number of rotatable bonds is 7. The molecule has 0 saturated carbocycles. The van der Waals surface area contributed by atoms with E-state index >= 15 is 0 Å². The Bertz CT molecular complexity index is 1330. The Kier molecular flexibility index (Phi) is 7.87. The molecular formula is C26H28ClN3O4S. The first kappa shape index (κ1) is 26.2. The fourth-order valence-electron chi connectivity index (χ4n) is 3.36. The molecule has 35 heavy (non-hydrogen) atoms. The number of halogens is 1. The summed E-state index contributed by atoms with van der Waals surface area (Å²) in [6, 6.07) is 20.3. The first-order valence-electron chi connectivity index (χ1n) is 10.9. The highest BCUT2D eigenvalue weighted by atomic mass is 35.5. The van der Waals surface area contributed by atoms with Crippen LogP contribution in [0.25, 0.3) is 0 Å². The molecule has 0 saturated heterocycles. The van der Waals surface area contributed by atoms with Crippen molar-refractivity contribution in [1.29, 1.82) is 0 Å². The Hall–Kier alpha value is -3.36. The third-order valence-electron chi connectivity index (χ3n) is 5.20. The molecule has 0 aliphatic heterocycles. The Morgan fingerprint density at radius 2 is 1.49 bits per heavy atom. The van der Waals surface area contributed by atoms with Crippen LogP contribution in [-0.4, -0.2) is 33.0 Å². The van der Waals surface area contributed by atoms with Gasteiger partial charge in [-0.15, -0.1) is 0 Å². The van der Waals surface area contributed by atoms with E-state index in [2.05, 4.69) is 31.4 Å². The van der Waals surface area contributed by atoms with Gasteiger partial charge in [0.25, 0.3) is 5.91 Å². The zero-order chi connectivity index (χ0) is 25.8. The topological polar surface area (TPSA) is 95.6 Å². The molecule has 0 aliphatic carbocycles. The molecule has 3 aromatic carbocycles. The average molecular weight is 514 g/mol. The van der Waals surface area contributed by atoms with Crippen LogP contribution in [0, 0.1) is 0 Å². The molecule has 0 radical (unpaired) electrons. The van der Waals surface area contributed by atoms with Crippen molar-refractivity contribution >= 4 is 50.5 Å². The van der Waals surface area contributed by atoms with E-state index in [0.29, 0.717) is 22.0 Å². The monoisotopic (exact) mass is 513 g/mol. The Morgan fingerprint density at radius 3 is 2.06 bits per heavy atom. The summed E-state index contributed by atoms with van der Waals surface area (Å²) in [6.07, 6.45) is 1.02. The van der Waals surface area contributed by atoms with Crippen molar-refractivity contribution in [2.75, 3.05) is 27.7 Å². The first-order chi connectivity index (χ1) is 16.3.